The van der Waals surface area contributed by atoms with Gasteiger partial charge in [0.25, 0.3) is 0 Å². The molecule has 7 nitrogen and oxygen atoms in total. The Bertz CT molecular complexity index is 432. The van der Waals surface area contributed by atoms with Crippen LogP contribution in [0.15, 0.2) is 0 Å². The fourth-order valence-corrected chi connectivity index (χ4v) is 4.14. The fourth-order valence-electron chi connectivity index (χ4n) is 2.63. The van der Waals surface area contributed by atoms with Crippen molar-refractivity contribution in [3.63, 3.8) is 0 Å². The molecule has 8 heteroatoms. The summed E-state index contributed by atoms with van der Waals surface area (Å²) in [5.41, 5.74) is 0. The van der Waals surface area contributed by atoms with Gasteiger partial charge in [-0.1, -0.05) is 13.3 Å². The average Bonchev–Trinajstić information content (AvgIpc) is 2.86. The second-order valence-electron chi connectivity index (χ2n) is 5.27. The highest BCUT2D eigenvalue weighted by atomic mass is 32.2. The van der Waals surface area contributed by atoms with Gasteiger partial charge in [-0.2, -0.15) is 0 Å². The maximum atomic E-state index is 12.4. The van der Waals surface area contributed by atoms with Crippen molar-refractivity contribution in [3.8, 4) is 0 Å². The van der Waals surface area contributed by atoms with E-state index in [1.807, 2.05) is 6.92 Å². The first kappa shape index (κ1) is 15.9. The van der Waals surface area contributed by atoms with Crippen molar-refractivity contribution in [3.05, 3.63) is 0 Å². The summed E-state index contributed by atoms with van der Waals surface area (Å²) < 4.78 is 0. The van der Waals surface area contributed by atoms with Crippen molar-refractivity contribution >= 4 is 29.7 Å². The van der Waals surface area contributed by atoms with Gasteiger partial charge in [-0.15, -0.1) is 11.8 Å². The van der Waals surface area contributed by atoms with Crippen molar-refractivity contribution in [2.45, 2.75) is 50.1 Å². The molecule has 0 spiro atoms. The summed E-state index contributed by atoms with van der Waals surface area (Å²) in [6.07, 6.45) is 3.03. The lowest BCUT2D eigenvalue weighted by molar-refractivity contribution is -0.141. The Kier molecular flexibility index (Phi) is 5.33. The SMILES string of the molecule is CCCC1SCC(C(=O)O)N1C(=O)NC1CCCNC1=O. The molecule has 2 rings (SSSR count). The third kappa shape index (κ3) is 3.61. The number of amides is 3. The molecule has 3 atom stereocenters. The van der Waals surface area contributed by atoms with Crippen LogP contribution in [-0.4, -0.2) is 57.7 Å². The van der Waals surface area contributed by atoms with Gasteiger partial charge in [0, 0.05) is 12.3 Å². The summed E-state index contributed by atoms with van der Waals surface area (Å²) in [7, 11) is 0. The summed E-state index contributed by atoms with van der Waals surface area (Å²) in [5.74, 6) is -0.797. The molecular weight excluding hydrogens is 294 g/mol. The van der Waals surface area contributed by atoms with Crippen molar-refractivity contribution in [1.29, 1.82) is 0 Å². The van der Waals surface area contributed by atoms with E-state index >= 15 is 0 Å². The van der Waals surface area contributed by atoms with Gasteiger partial charge in [0.2, 0.25) is 5.91 Å². The molecule has 2 aliphatic rings. The zero-order chi connectivity index (χ0) is 15.4. The number of carboxylic acids is 1. The van der Waals surface area contributed by atoms with Crippen LogP contribution in [0.5, 0.6) is 0 Å². The lowest BCUT2D eigenvalue weighted by Crippen LogP contribution is -2.57. The van der Waals surface area contributed by atoms with E-state index in [0.717, 1.165) is 19.3 Å². The first-order valence-corrected chi connectivity index (χ1v) is 8.30. The molecule has 2 fully saturated rings. The van der Waals surface area contributed by atoms with Crippen LogP contribution < -0.4 is 10.6 Å². The maximum Gasteiger partial charge on any atom is 0.327 e. The second kappa shape index (κ2) is 7.02. The van der Waals surface area contributed by atoms with Crippen LogP contribution >= 0.6 is 11.8 Å². The van der Waals surface area contributed by atoms with E-state index in [-0.39, 0.29) is 11.3 Å². The van der Waals surface area contributed by atoms with Crippen LogP contribution in [-0.2, 0) is 9.59 Å². The van der Waals surface area contributed by atoms with Crippen molar-refractivity contribution < 1.29 is 19.5 Å². The van der Waals surface area contributed by atoms with Crippen LogP contribution in [0.25, 0.3) is 0 Å². The van der Waals surface area contributed by atoms with Crippen LogP contribution in [0.4, 0.5) is 4.79 Å². The number of urea groups is 1. The summed E-state index contributed by atoms with van der Waals surface area (Å²) in [4.78, 5) is 36.8. The third-order valence-electron chi connectivity index (χ3n) is 3.73. The van der Waals surface area contributed by atoms with Gasteiger partial charge >= 0.3 is 12.0 Å². The number of carbonyl (C=O) groups excluding carboxylic acids is 2. The number of hydrogen-bond acceptors (Lipinski definition) is 4. The molecule has 0 aromatic heterocycles. The van der Waals surface area contributed by atoms with Crippen LogP contribution in [0.1, 0.15) is 32.6 Å². The fraction of sp³-hybridized carbons (Fsp3) is 0.769. The molecule has 0 aromatic carbocycles. The molecule has 0 aliphatic carbocycles. The summed E-state index contributed by atoms with van der Waals surface area (Å²) >= 11 is 1.49. The van der Waals surface area contributed by atoms with Gasteiger partial charge in [-0.3, -0.25) is 9.69 Å². The van der Waals surface area contributed by atoms with Crippen LogP contribution in [0, 0.1) is 0 Å². The first-order chi connectivity index (χ1) is 10.0. The van der Waals surface area contributed by atoms with E-state index in [1.54, 1.807) is 0 Å². The Morgan fingerprint density at radius 1 is 1.52 bits per heavy atom. The highest BCUT2D eigenvalue weighted by Gasteiger charge is 2.42. The lowest BCUT2D eigenvalue weighted by Gasteiger charge is -2.30. The molecule has 3 unspecified atom stereocenters. The molecule has 0 aromatic rings. The highest BCUT2D eigenvalue weighted by molar-refractivity contribution is 8.00. The summed E-state index contributed by atoms with van der Waals surface area (Å²) in [6, 6.07) is -1.83. The van der Waals surface area contributed by atoms with Gasteiger partial charge in [-0.05, 0) is 19.3 Å². The normalized spacial score (nSPS) is 29.1. The van der Waals surface area contributed by atoms with Gasteiger partial charge in [0.05, 0.1) is 5.37 Å². The Labute approximate surface area is 127 Å². The number of carboxylic acid groups (broad SMARTS) is 1. The quantitative estimate of drug-likeness (QED) is 0.706. The topological polar surface area (TPSA) is 98.7 Å². The Hall–Kier alpha value is -1.44. The molecule has 0 bridgehead atoms. The number of nitrogens with one attached hydrogen (secondary N) is 2. The molecule has 3 N–H and O–H groups in total. The zero-order valence-corrected chi connectivity index (χ0v) is 12.8. The van der Waals surface area contributed by atoms with Gasteiger partial charge in [0.1, 0.15) is 12.1 Å². The number of thioether (sulfide) groups is 1. The average molecular weight is 315 g/mol. The van der Waals surface area contributed by atoms with Crippen LogP contribution in [0.2, 0.25) is 0 Å². The van der Waals surface area contributed by atoms with Crippen LogP contribution in [0.3, 0.4) is 0 Å². The third-order valence-corrected chi connectivity index (χ3v) is 5.09. The van der Waals surface area contributed by atoms with E-state index in [2.05, 4.69) is 10.6 Å². The number of rotatable bonds is 4. The summed E-state index contributed by atoms with van der Waals surface area (Å²) in [6.45, 7) is 2.63. The number of carbonyl (C=O) groups is 3. The van der Waals surface area contributed by atoms with E-state index < -0.39 is 24.1 Å². The van der Waals surface area contributed by atoms with Crippen molar-refractivity contribution in [2.24, 2.45) is 0 Å². The monoisotopic (exact) mass is 315 g/mol. The smallest absolute Gasteiger partial charge is 0.327 e. The second-order valence-corrected chi connectivity index (χ2v) is 6.48. The van der Waals surface area contributed by atoms with Crippen molar-refractivity contribution in [2.75, 3.05) is 12.3 Å². The molecule has 0 radical (unpaired) electrons. The number of hydrogen-bond donors (Lipinski definition) is 3. The predicted octanol–water partition coefficient (Wildman–Crippen LogP) is 0.603. The van der Waals surface area contributed by atoms with E-state index in [1.165, 1.54) is 16.7 Å². The number of nitrogens with zero attached hydrogens (tertiary/aromatic N) is 1. The first-order valence-electron chi connectivity index (χ1n) is 7.25. The molecular formula is C13H21N3O4S. The molecule has 2 heterocycles. The van der Waals surface area contributed by atoms with E-state index in [0.29, 0.717) is 18.7 Å². The summed E-state index contributed by atoms with van der Waals surface area (Å²) in [5, 5.41) is 14.5. The lowest BCUT2D eigenvalue weighted by atomic mass is 10.1. The van der Waals surface area contributed by atoms with Gasteiger partial charge in [-0.25, -0.2) is 9.59 Å². The van der Waals surface area contributed by atoms with E-state index in [9.17, 15) is 19.5 Å². The van der Waals surface area contributed by atoms with E-state index in [4.69, 9.17) is 0 Å². The predicted molar refractivity (Wildman–Crippen MR) is 79.0 cm³/mol. The van der Waals surface area contributed by atoms with Gasteiger partial charge in [0.15, 0.2) is 0 Å². The standard InChI is InChI=1S/C13H21N3O4S/c1-2-4-10-16(9(7-21-10)12(18)19)13(20)15-8-5-3-6-14-11(8)17/h8-10H,2-7H2,1H3,(H,14,17)(H,15,20)(H,18,19). The zero-order valence-electron chi connectivity index (χ0n) is 12.0. The number of piperidine rings is 1. The molecule has 0 saturated carbocycles. The minimum absolute atomic E-state index is 0.136. The molecule has 21 heavy (non-hydrogen) atoms. The Morgan fingerprint density at radius 2 is 2.29 bits per heavy atom. The molecule has 118 valence electrons. The molecule has 2 saturated heterocycles. The largest absolute Gasteiger partial charge is 0.480 e. The van der Waals surface area contributed by atoms with Gasteiger partial charge < -0.3 is 15.7 Å². The molecule has 2 aliphatic heterocycles. The minimum Gasteiger partial charge on any atom is -0.480 e. The Morgan fingerprint density at radius 3 is 2.90 bits per heavy atom. The minimum atomic E-state index is -0.996. The van der Waals surface area contributed by atoms with Crippen molar-refractivity contribution in [1.82, 2.24) is 15.5 Å². The highest BCUT2D eigenvalue weighted by Crippen LogP contribution is 2.32. The maximum absolute atomic E-state index is 12.4. The number of aliphatic carboxylic acids is 1. The Balaban J connectivity index is 2.05. The molecule has 3 amide bonds.